The highest BCUT2D eigenvalue weighted by atomic mass is 35.5. The standard InChI is InChI=1S/C13H20ClN2O4P/c1-21(2,3)7-5-8-11(18)10(14)12(20-8)16-6-4-9(17)15-13(16)19/h4,6,8,10-12,18H,1,5,7H2,2-3H3,(H,15,17,19)/t8-,10-,11-,12?/m1/s1. The Morgan fingerprint density at radius 2 is 2.19 bits per heavy atom. The van der Waals surface area contributed by atoms with Gasteiger partial charge in [-0.3, -0.25) is 14.3 Å². The molecule has 0 spiro atoms. The maximum Gasteiger partial charge on any atom is 0.330 e. The third-order valence-electron chi connectivity index (χ3n) is 3.44. The van der Waals surface area contributed by atoms with E-state index >= 15 is 0 Å². The number of hydrogen-bond acceptors (Lipinski definition) is 4. The summed E-state index contributed by atoms with van der Waals surface area (Å²) in [6, 6.07) is 1.22. The maximum absolute atomic E-state index is 11.8. The molecule has 2 rings (SSSR count). The highest BCUT2D eigenvalue weighted by molar-refractivity contribution is 7.72. The Morgan fingerprint density at radius 1 is 1.52 bits per heavy atom. The van der Waals surface area contributed by atoms with E-state index < -0.39 is 41.9 Å². The Bertz CT molecular complexity index is 665. The minimum Gasteiger partial charge on any atom is -0.389 e. The van der Waals surface area contributed by atoms with Crippen LogP contribution in [0.25, 0.3) is 0 Å². The number of alkyl halides is 1. The molecule has 1 aromatic rings. The smallest absolute Gasteiger partial charge is 0.330 e. The van der Waals surface area contributed by atoms with Crippen molar-refractivity contribution in [3.8, 4) is 0 Å². The molecular formula is C13H20ClN2O4P. The van der Waals surface area contributed by atoms with Crippen LogP contribution in [0.3, 0.4) is 0 Å². The Balaban J connectivity index is 2.18. The second-order valence-electron chi connectivity index (χ2n) is 5.97. The highest BCUT2D eigenvalue weighted by Gasteiger charge is 2.43. The van der Waals surface area contributed by atoms with E-state index in [1.54, 1.807) is 0 Å². The summed E-state index contributed by atoms with van der Waals surface area (Å²) in [6.07, 6.45) is 4.88. The molecule has 0 amide bonds. The van der Waals surface area contributed by atoms with Gasteiger partial charge in [-0.05, 0) is 25.9 Å². The molecule has 2 heterocycles. The molecule has 0 aliphatic carbocycles. The lowest BCUT2D eigenvalue weighted by molar-refractivity contribution is -0.0210. The second-order valence-corrected chi connectivity index (χ2v) is 10.8. The van der Waals surface area contributed by atoms with Crippen LogP contribution >= 0.6 is 18.5 Å². The number of nitrogens with zero attached hydrogens (tertiary/aromatic N) is 1. The van der Waals surface area contributed by atoms with Crippen molar-refractivity contribution in [2.75, 3.05) is 19.5 Å². The molecule has 0 saturated carbocycles. The zero-order valence-electron chi connectivity index (χ0n) is 12.0. The summed E-state index contributed by atoms with van der Waals surface area (Å²) in [5, 5.41) is 9.43. The van der Waals surface area contributed by atoms with Crippen LogP contribution in [-0.4, -0.2) is 58.0 Å². The van der Waals surface area contributed by atoms with Gasteiger partial charge in [0, 0.05) is 12.3 Å². The molecule has 0 aromatic carbocycles. The van der Waals surface area contributed by atoms with Gasteiger partial charge in [0.1, 0.15) is 11.5 Å². The average Bonchev–Trinajstić information content (AvgIpc) is 2.64. The zero-order valence-corrected chi connectivity index (χ0v) is 13.7. The molecule has 1 aliphatic rings. The van der Waals surface area contributed by atoms with Gasteiger partial charge in [-0.15, -0.1) is 24.8 Å². The molecule has 118 valence electrons. The van der Waals surface area contributed by atoms with Gasteiger partial charge in [0.25, 0.3) is 5.56 Å². The SMILES string of the molecule is C=P(C)(C)CC[C@H]1OC(n2ccc(=O)[nH]c2=O)[C@H](Cl)[C@@H]1O. The molecule has 6 nitrogen and oxygen atoms in total. The third-order valence-corrected chi connectivity index (χ3v) is 5.38. The van der Waals surface area contributed by atoms with Crippen LogP contribution in [0.2, 0.25) is 0 Å². The first-order chi connectivity index (χ1) is 9.69. The van der Waals surface area contributed by atoms with Crippen LogP contribution in [0.1, 0.15) is 12.6 Å². The van der Waals surface area contributed by atoms with E-state index in [-0.39, 0.29) is 0 Å². The highest BCUT2D eigenvalue weighted by Crippen LogP contribution is 2.40. The van der Waals surface area contributed by atoms with Crippen molar-refractivity contribution in [2.45, 2.75) is 30.2 Å². The minimum atomic E-state index is -1.22. The zero-order chi connectivity index (χ0) is 15.8. The monoisotopic (exact) mass is 334 g/mol. The van der Waals surface area contributed by atoms with Gasteiger partial charge in [0.15, 0.2) is 6.23 Å². The number of H-pyrrole nitrogens is 1. The van der Waals surface area contributed by atoms with Crippen molar-refractivity contribution in [3.63, 3.8) is 0 Å². The third kappa shape index (κ3) is 3.89. The van der Waals surface area contributed by atoms with Gasteiger partial charge in [-0.1, -0.05) is 0 Å². The van der Waals surface area contributed by atoms with Gasteiger partial charge in [-0.25, -0.2) is 4.79 Å². The number of nitrogens with one attached hydrogen (secondary N) is 1. The summed E-state index contributed by atoms with van der Waals surface area (Å²) in [7, 11) is 0. The molecule has 2 N–H and O–H groups in total. The molecule has 1 aromatic heterocycles. The van der Waals surface area contributed by atoms with Crippen molar-refractivity contribution in [1.82, 2.24) is 9.55 Å². The van der Waals surface area contributed by atoms with E-state index in [4.69, 9.17) is 16.3 Å². The Hall–Kier alpha value is -0.810. The number of rotatable bonds is 4. The number of ether oxygens (including phenoxy) is 1. The van der Waals surface area contributed by atoms with Crippen LogP contribution in [-0.2, 0) is 4.74 Å². The summed E-state index contributed by atoms with van der Waals surface area (Å²) in [6.45, 7) is 2.99. The van der Waals surface area contributed by atoms with Gasteiger partial charge >= 0.3 is 5.69 Å². The second kappa shape index (κ2) is 6.13. The molecule has 1 saturated heterocycles. The molecule has 0 radical (unpaired) electrons. The maximum atomic E-state index is 11.8. The van der Waals surface area contributed by atoms with Crippen molar-refractivity contribution in [2.24, 2.45) is 0 Å². The van der Waals surface area contributed by atoms with E-state index in [2.05, 4.69) is 24.6 Å². The van der Waals surface area contributed by atoms with Crippen LogP contribution in [0, 0.1) is 0 Å². The number of aromatic nitrogens is 2. The number of aromatic amines is 1. The van der Waals surface area contributed by atoms with Gasteiger partial charge in [0.2, 0.25) is 0 Å². The summed E-state index contributed by atoms with van der Waals surface area (Å²) in [5.41, 5.74) is -1.09. The fourth-order valence-electron chi connectivity index (χ4n) is 2.27. The summed E-state index contributed by atoms with van der Waals surface area (Å²) in [5.74, 6) is 0. The Morgan fingerprint density at radius 3 is 2.76 bits per heavy atom. The number of aliphatic hydroxyl groups is 1. The van der Waals surface area contributed by atoms with E-state index in [1.807, 2.05) is 0 Å². The van der Waals surface area contributed by atoms with E-state index in [1.165, 1.54) is 16.8 Å². The summed E-state index contributed by atoms with van der Waals surface area (Å²) in [4.78, 5) is 25.0. The Labute approximate surface area is 127 Å². The van der Waals surface area contributed by atoms with E-state index in [9.17, 15) is 14.7 Å². The van der Waals surface area contributed by atoms with Crippen LogP contribution < -0.4 is 11.2 Å². The normalized spacial score (nSPS) is 29.7. The predicted molar refractivity (Wildman–Crippen MR) is 86.3 cm³/mol. The molecule has 1 fully saturated rings. The molecule has 4 atom stereocenters. The molecule has 1 aliphatic heterocycles. The lowest BCUT2D eigenvalue weighted by Crippen LogP contribution is -2.35. The first kappa shape index (κ1) is 16.6. The topological polar surface area (TPSA) is 84.3 Å². The molecular weight excluding hydrogens is 315 g/mol. The van der Waals surface area contributed by atoms with Gasteiger partial charge in [-0.2, -0.15) is 0 Å². The van der Waals surface area contributed by atoms with E-state index in [0.29, 0.717) is 6.42 Å². The molecule has 0 bridgehead atoms. The Kier molecular flexibility index (Phi) is 4.83. The fraction of sp³-hybridized carbons (Fsp3) is 0.615. The minimum absolute atomic E-state index is 0.433. The van der Waals surface area contributed by atoms with Gasteiger partial charge in [0.05, 0.1) is 6.10 Å². The first-order valence-electron chi connectivity index (χ1n) is 6.65. The number of halogens is 1. The average molecular weight is 335 g/mol. The summed E-state index contributed by atoms with van der Waals surface area (Å²) >= 11 is 6.19. The predicted octanol–water partition coefficient (Wildman–Crippen LogP) is 0.502. The molecule has 8 heteroatoms. The summed E-state index contributed by atoms with van der Waals surface area (Å²) < 4.78 is 6.94. The van der Waals surface area contributed by atoms with E-state index in [0.717, 1.165) is 6.16 Å². The number of hydrogen-bond donors (Lipinski definition) is 2. The molecule has 1 unspecified atom stereocenters. The lowest BCUT2D eigenvalue weighted by atomic mass is 10.1. The first-order valence-corrected chi connectivity index (χ1v) is 10.1. The van der Waals surface area contributed by atoms with Crippen LogP contribution in [0.5, 0.6) is 0 Å². The van der Waals surface area contributed by atoms with Crippen molar-refractivity contribution in [3.05, 3.63) is 33.1 Å². The quantitative estimate of drug-likeness (QED) is 0.620. The van der Waals surface area contributed by atoms with Crippen molar-refractivity contribution in [1.29, 1.82) is 0 Å². The van der Waals surface area contributed by atoms with Crippen molar-refractivity contribution >= 4 is 24.8 Å². The van der Waals surface area contributed by atoms with Gasteiger partial charge < -0.3 is 9.84 Å². The van der Waals surface area contributed by atoms with Crippen LogP contribution in [0.15, 0.2) is 21.9 Å². The lowest BCUT2D eigenvalue weighted by Gasteiger charge is -2.18. The van der Waals surface area contributed by atoms with Crippen molar-refractivity contribution < 1.29 is 9.84 Å². The van der Waals surface area contributed by atoms with Crippen LogP contribution in [0.4, 0.5) is 0 Å². The molecule has 21 heavy (non-hydrogen) atoms. The largest absolute Gasteiger partial charge is 0.389 e. The fourth-order valence-corrected chi connectivity index (χ4v) is 3.57. The number of aliphatic hydroxyl groups excluding tert-OH is 1.